The third-order valence-electron chi connectivity index (χ3n) is 6.01. The number of carboxylic acids is 1. The molecule has 0 saturated carbocycles. The van der Waals surface area contributed by atoms with Gasteiger partial charge in [0, 0.05) is 11.5 Å². The van der Waals surface area contributed by atoms with Crippen LogP contribution in [0, 0.1) is 6.92 Å². The zero-order chi connectivity index (χ0) is 26.8. The van der Waals surface area contributed by atoms with Crippen LogP contribution in [-0.4, -0.2) is 60.9 Å². The Morgan fingerprint density at radius 2 is 2.03 bits per heavy atom. The van der Waals surface area contributed by atoms with Gasteiger partial charge >= 0.3 is 5.97 Å². The largest absolute Gasteiger partial charge is 0.486 e. The summed E-state index contributed by atoms with van der Waals surface area (Å²) in [5.74, 6) is -0.160. The molecule has 2 atom stereocenters. The minimum absolute atomic E-state index is 0.0256. The molecular weight excluding hydrogens is 548 g/mol. The summed E-state index contributed by atoms with van der Waals surface area (Å²) in [6, 6.07) is 10.1. The number of hydrogen-bond donors (Lipinski definition) is 2. The van der Waals surface area contributed by atoms with Crippen molar-refractivity contribution >= 4 is 52.6 Å². The fourth-order valence-corrected chi connectivity index (χ4v) is 7.35. The molecule has 2 amide bonds. The summed E-state index contributed by atoms with van der Waals surface area (Å²) >= 11 is 4.24. The molecule has 2 aromatic heterocycles. The summed E-state index contributed by atoms with van der Waals surface area (Å²) < 4.78 is 12.1. The van der Waals surface area contributed by atoms with Crippen LogP contribution in [0.4, 0.5) is 0 Å². The number of carbonyl (C=O) groups excluding carboxylic acids is 2. The third-order valence-corrected chi connectivity index (χ3v) is 9.41. The molecule has 38 heavy (non-hydrogen) atoms. The first-order valence-electron chi connectivity index (χ1n) is 11.8. The second kappa shape index (κ2) is 11.2. The zero-order valence-electron chi connectivity index (χ0n) is 20.5. The highest BCUT2D eigenvalue weighted by molar-refractivity contribution is 8.01. The van der Waals surface area contributed by atoms with E-state index in [0.717, 1.165) is 15.8 Å². The molecule has 0 unspecified atom stereocenters. The van der Waals surface area contributed by atoms with Gasteiger partial charge in [-0.25, -0.2) is 4.79 Å². The number of β-lactam (4-membered cyclic amide) rings is 1. The van der Waals surface area contributed by atoms with E-state index >= 15 is 0 Å². The van der Waals surface area contributed by atoms with E-state index < -0.39 is 29.2 Å². The number of ether oxygens (including phenoxy) is 1. The van der Waals surface area contributed by atoms with Crippen LogP contribution in [0.5, 0.6) is 5.75 Å². The van der Waals surface area contributed by atoms with E-state index in [9.17, 15) is 19.5 Å². The molecule has 2 N–H and O–H groups in total. The van der Waals surface area contributed by atoms with Crippen LogP contribution >= 0.6 is 34.9 Å². The van der Waals surface area contributed by atoms with Crippen LogP contribution in [0.25, 0.3) is 0 Å². The number of aromatic nitrogens is 2. The fraction of sp³-hybridized carbons (Fsp3) is 0.320. The summed E-state index contributed by atoms with van der Waals surface area (Å²) in [6.07, 6.45) is 0.941. The molecule has 0 bridgehead atoms. The Bertz CT molecular complexity index is 1400. The van der Waals surface area contributed by atoms with E-state index in [0.29, 0.717) is 28.6 Å². The second-order valence-corrected chi connectivity index (χ2v) is 12.1. The molecule has 13 heteroatoms. The lowest BCUT2D eigenvalue weighted by molar-refractivity contribution is -0.148. The quantitative estimate of drug-likeness (QED) is 0.273. The number of rotatable bonds is 10. The molecule has 5 rings (SSSR count). The number of nitrogens with one attached hydrogen (secondary N) is 1. The van der Waals surface area contributed by atoms with Crippen molar-refractivity contribution in [3.05, 3.63) is 69.8 Å². The van der Waals surface area contributed by atoms with Crippen LogP contribution < -0.4 is 10.1 Å². The monoisotopic (exact) mass is 572 g/mol. The van der Waals surface area contributed by atoms with Crippen molar-refractivity contribution in [3.63, 3.8) is 0 Å². The number of benzene rings is 1. The van der Waals surface area contributed by atoms with Gasteiger partial charge in [-0.3, -0.25) is 14.5 Å². The molecule has 1 saturated heterocycles. The van der Waals surface area contributed by atoms with E-state index in [1.54, 1.807) is 6.07 Å². The molecule has 0 radical (unpaired) electrons. The molecule has 3 aromatic rings. The minimum atomic E-state index is -1.17. The Kier molecular flexibility index (Phi) is 7.77. The smallest absolute Gasteiger partial charge is 0.352 e. The first-order valence-corrected chi connectivity index (χ1v) is 14.6. The zero-order valence-corrected chi connectivity index (χ0v) is 23.0. The van der Waals surface area contributed by atoms with Crippen LogP contribution in [0.1, 0.15) is 33.8 Å². The Hall–Kier alpha value is -3.29. The molecule has 0 aliphatic carbocycles. The van der Waals surface area contributed by atoms with Crippen molar-refractivity contribution in [2.45, 2.75) is 42.6 Å². The van der Waals surface area contributed by atoms with Crippen molar-refractivity contribution in [1.82, 2.24) is 20.4 Å². The average molecular weight is 573 g/mol. The van der Waals surface area contributed by atoms with Crippen molar-refractivity contribution < 1.29 is 28.6 Å². The van der Waals surface area contributed by atoms with Gasteiger partial charge in [0.15, 0.2) is 10.1 Å². The highest BCUT2D eigenvalue weighted by atomic mass is 32.2. The van der Waals surface area contributed by atoms with Crippen LogP contribution in [0.3, 0.4) is 0 Å². The molecule has 198 valence electrons. The molecule has 2 aliphatic heterocycles. The maximum Gasteiger partial charge on any atom is 0.352 e. The van der Waals surface area contributed by atoms with Crippen LogP contribution in [-0.2, 0) is 22.6 Å². The molecule has 0 spiro atoms. The summed E-state index contributed by atoms with van der Waals surface area (Å²) in [6.45, 7) is 4.08. The van der Waals surface area contributed by atoms with E-state index in [1.807, 2.05) is 31.2 Å². The van der Waals surface area contributed by atoms with Gasteiger partial charge in [-0.15, -0.1) is 22.0 Å². The van der Waals surface area contributed by atoms with Crippen molar-refractivity contribution in [3.8, 4) is 5.75 Å². The van der Waals surface area contributed by atoms with Crippen molar-refractivity contribution in [1.29, 1.82) is 0 Å². The Morgan fingerprint density at radius 3 is 2.71 bits per heavy atom. The standard InChI is InChI=1S/C25H24N4O6S3/c1-3-14-4-6-16(7-5-14)34-10-17-8-9-18(35-17)21(30)26-19-22(31)29-20(24(32)33)15(11-36-23(19)29)12-37-25-28-27-13(2)38-25/h4-9,19,23H,3,10-12H2,1-2H3,(H,26,30)(H,32,33)/t19-,23-/m0/s1. The molecule has 10 nitrogen and oxygen atoms in total. The third kappa shape index (κ3) is 5.45. The van der Waals surface area contributed by atoms with E-state index in [4.69, 9.17) is 9.15 Å². The maximum atomic E-state index is 12.9. The van der Waals surface area contributed by atoms with E-state index in [1.165, 1.54) is 51.4 Å². The number of nitrogens with zero attached hydrogens (tertiary/aromatic N) is 3. The average Bonchev–Trinajstić information content (AvgIpc) is 3.57. The topological polar surface area (TPSA) is 135 Å². The predicted octanol–water partition coefficient (Wildman–Crippen LogP) is 3.73. The molecular formula is C25H24N4O6S3. The number of fused-ring (bicyclic) bond motifs is 1. The molecule has 1 fully saturated rings. The maximum absolute atomic E-state index is 12.9. The Balaban J connectivity index is 1.19. The first-order chi connectivity index (χ1) is 18.3. The number of carboxylic acid groups (broad SMARTS) is 1. The molecule has 1 aromatic carbocycles. The van der Waals surface area contributed by atoms with E-state index in [-0.39, 0.29) is 18.1 Å². The van der Waals surface area contributed by atoms with Gasteiger partial charge < -0.3 is 19.6 Å². The van der Waals surface area contributed by atoms with Crippen LogP contribution in [0.2, 0.25) is 0 Å². The minimum Gasteiger partial charge on any atom is -0.486 e. The predicted molar refractivity (Wildman–Crippen MR) is 143 cm³/mol. The number of aryl methyl sites for hydroxylation is 2. The van der Waals surface area contributed by atoms with Gasteiger partial charge in [-0.05, 0) is 48.7 Å². The lowest BCUT2D eigenvalue weighted by atomic mass is 10.0. The van der Waals surface area contributed by atoms with Gasteiger partial charge in [0.25, 0.3) is 11.8 Å². The number of amides is 2. The highest BCUT2D eigenvalue weighted by Crippen LogP contribution is 2.42. The van der Waals surface area contributed by atoms with Crippen molar-refractivity contribution in [2.75, 3.05) is 11.5 Å². The molecule has 4 heterocycles. The first kappa shape index (κ1) is 26.3. The Labute approximate surface area is 230 Å². The van der Waals surface area contributed by atoms with Crippen molar-refractivity contribution in [2.24, 2.45) is 0 Å². The number of carbonyl (C=O) groups is 3. The number of thioether (sulfide) groups is 2. The second-order valence-electron chi connectivity index (χ2n) is 8.55. The summed E-state index contributed by atoms with van der Waals surface area (Å²) in [5, 5.41) is 20.9. The summed E-state index contributed by atoms with van der Waals surface area (Å²) in [7, 11) is 0. The van der Waals surface area contributed by atoms with Crippen LogP contribution in [0.15, 0.2) is 56.4 Å². The number of hydrogen-bond acceptors (Lipinski definition) is 10. The lowest BCUT2D eigenvalue weighted by Crippen LogP contribution is -2.70. The van der Waals surface area contributed by atoms with Gasteiger partial charge in [0.2, 0.25) is 0 Å². The summed E-state index contributed by atoms with van der Waals surface area (Å²) in [4.78, 5) is 39.0. The van der Waals surface area contributed by atoms with Gasteiger partial charge in [0.1, 0.15) is 40.2 Å². The normalized spacial score (nSPS) is 18.7. The SMILES string of the molecule is CCc1ccc(OCc2ccc(C(=O)N[C@H]3C(=O)N4C(C(=O)O)=C(CSc5nnc(C)s5)CS[C@@H]34)o2)cc1. The number of furan rings is 1. The van der Waals surface area contributed by atoms with Gasteiger partial charge in [0.05, 0.1) is 0 Å². The highest BCUT2D eigenvalue weighted by Gasteiger charge is 2.54. The van der Waals surface area contributed by atoms with Gasteiger partial charge in [-0.2, -0.15) is 0 Å². The summed E-state index contributed by atoms with van der Waals surface area (Å²) in [5.41, 5.74) is 1.82. The Morgan fingerprint density at radius 1 is 1.24 bits per heavy atom. The lowest BCUT2D eigenvalue weighted by Gasteiger charge is -2.49. The fourth-order valence-electron chi connectivity index (χ4n) is 4.05. The number of aliphatic carboxylic acids is 1. The molecule has 2 aliphatic rings. The van der Waals surface area contributed by atoms with Gasteiger partial charge in [-0.1, -0.05) is 42.2 Å². The van der Waals surface area contributed by atoms with E-state index in [2.05, 4.69) is 22.4 Å².